The number of nitrogens with zero attached hydrogens (tertiary/aromatic N) is 2. The Bertz CT molecular complexity index is 393. The molecular formula is C14H25N3O3. The van der Waals surface area contributed by atoms with Gasteiger partial charge in [0.1, 0.15) is 5.60 Å². The minimum absolute atomic E-state index is 0.0317. The Labute approximate surface area is 120 Å². The van der Waals surface area contributed by atoms with E-state index in [1.165, 1.54) is 0 Å². The first-order valence-electron chi connectivity index (χ1n) is 7.22. The molecule has 114 valence electrons. The summed E-state index contributed by atoms with van der Waals surface area (Å²) >= 11 is 0. The summed E-state index contributed by atoms with van der Waals surface area (Å²) in [5.41, 5.74) is -0.457. The van der Waals surface area contributed by atoms with Crippen LogP contribution in [0.1, 0.15) is 27.7 Å². The molecule has 1 aliphatic heterocycles. The van der Waals surface area contributed by atoms with E-state index in [1.807, 2.05) is 27.7 Å². The molecule has 2 aliphatic rings. The number of hydrogen-bond acceptors (Lipinski definition) is 3. The lowest BCUT2D eigenvalue weighted by molar-refractivity contribution is 0.0270. The quantitative estimate of drug-likeness (QED) is 0.835. The van der Waals surface area contributed by atoms with Crippen molar-refractivity contribution in [1.82, 2.24) is 15.1 Å². The highest BCUT2D eigenvalue weighted by atomic mass is 16.6. The van der Waals surface area contributed by atoms with Gasteiger partial charge in [-0.25, -0.2) is 9.59 Å². The van der Waals surface area contributed by atoms with Crippen molar-refractivity contribution in [1.29, 1.82) is 0 Å². The fourth-order valence-electron chi connectivity index (χ4n) is 2.61. The van der Waals surface area contributed by atoms with E-state index in [0.717, 1.165) is 0 Å². The van der Waals surface area contributed by atoms with Gasteiger partial charge in [0, 0.05) is 44.6 Å². The number of piperidine rings is 1. The van der Waals surface area contributed by atoms with Gasteiger partial charge in [-0.3, -0.25) is 0 Å². The number of hydrogen-bond donors (Lipinski definition) is 1. The molecule has 0 aromatic rings. The van der Waals surface area contributed by atoms with Crippen LogP contribution in [0.3, 0.4) is 0 Å². The molecule has 2 rings (SSSR count). The van der Waals surface area contributed by atoms with Crippen molar-refractivity contribution < 1.29 is 14.3 Å². The molecule has 6 heteroatoms. The summed E-state index contributed by atoms with van der Waals surface area (Å²) in [5, 5.41) is 3.02. The molecule has 1 heterocycles. The molecule has 0 bridgehead atoms. The van der Waals surface area contributed by atoms with E-state index >= 15 is 0 Å². The summed E-state index contributed by atoms with van der Waals surface area (Å²) in [7, 11) is 1.78. The van der Waals surface area contributed by atoms with E-state index in [1.54, 1.807) is 16.8 Å². The van der Waals surface area contributed by atoms with Crippen LogP contribution in [0.5, 0.6) is 0 Å². The van der Waals surface area contributed by atoms with E-state index in [0.29, 0.717) is 31.5 Å². The minimum atomic E-state index is -0.457. The number of carbonyl (C=O) groups excluding carboxylic acids is 2. The SMILES string of the molecule is CCN(C)C(=O)NC1C2CN(C(=O)OC(C)(C)C)CC21. The Morgan fingerprint density at radius 3 is 2.30 bits per heavy atom. The molecular weight excluding hydrogens is 258 g/mol. The van der Waals surface area contributed by atoms with E-state index in [2.05, 4.69) is 5.32 Å². The fourth-order valence-corrected chi connectivity index (χ4v) is 2.61. The van der Waals surface area contributed by atoms with Gasteiger partial charge in [-0.15, -0.1) is 0 Å². The van der Waals surface area contributed by atoms with Crippen molar-refractivity contribution in [2.75, 3.05) is 26.7 Å². The maximum atomic E-state index is 11.9. The van der Waals surface area contributed by atoms with Gasteiger partial charge >= 0.3 is 12.1 Å². The van der Waals surface area contributed by atoms with Crippen LogP contribution in [0.4, 0.5) is 9.59 Å². The van der Waals surface area contributed by atoms with Crippen LogP contribution in [0, 0.1) is 11.8 Å². The first-order chi connectivity index (χ1) is 9.23. The molecule has 20 heavy (non-hydrogen) atoms. The number of likely N-dealkylation sites (tertiary alicyclic amines) is 1. The predicted molar refractivity (Wildman–Crippen MR) is 75.4 cm³/mol. The first-order valence-corrected chi connectivity index (χ1v) is 7.22. The number of urea groups is 1. The standard InChI is InChI=1S/C14H25N3O3/c1-6-16(5)12(18)15-11-9-7-17(8-10(9)11)13(19)20-14(2,3)4/h9-11H,6-8H2,1-5H3,(H,15,18). The molecule has 1 saturated heterocycles. The van der Waals surface area contributed by atoms with Crippen molar-refractivity contribution >= 4 is 12.1 Å². The van der Waals surface area contributed by atoms with Crippen molar-refractivity contribution in [3.05, 3.63) is 0 Å². The highest BCUT2D eigenvalue weighted by Crippen LogP contribution is 2.45. The third-order valence-corrected chi connectivity index (χ3v) is 3.96. The molecule has 0 radical (unpaired) electrons. The number of fused-ring (bicyclic) bond motifs is 1. The van der Waals surface area contributed by atoms with Crippen molar-refractivity contribution in [2.45, 2.75) is 39.3 Å². The van der Waals surface area contributed by atoms with Gasteiger partial charge in [-0.2, -0.15) is 0 Å². The average molecular weight is 283 g/mol. The molecule has 2 atom stereocenters. The lowest BCUT2D eigenvalue weighted by Crippen LogP contribution is -2.43. The third-order valence-electron chi connectivity index (χ3n) is 3.96. The van der Waals surface area contributed by atoms with Crippen LogP contribution in [-0.2, 0) is 4.74 Å². The lowest BCUT2D eigenvalue weighted by Gasteiger charge is -2.26. The zero-order valence-corrected chi connectivity index (χ0v) is 13.0. The highest BCUT2D eigenvalue weighted by molar-refractivity contribution is 5.75. The Morgan fingerprint density at radius 2 is 1.85 bits per heavy atom. The van der Waals surface area contributed by atoms with E-state index < -0.39 is 5.60 Å². The summed E-state index contributed by atoms with van der Waals surface area (Å²) in [6.45, 7) is 9.60. The molecule has 1 N–H and O–H groups in total. The average Bonchev–Trinajstić information content (AvgIpc) is 2.80. The number of rotatable bonds is 2. The summed E-state index contributed by atoms with van der Waals surface area (Å²) in [5.74, 6) is 0.772. The van der Waals surface area contributed by atoms with Gasteiger partial charge in [-0.1, -0.05) is 0 Å². The zero-order chi connectivity index (χ0) is 15.1. The van der Waals surface area contributed by atoms with Crippen molar-refractivity contribution in [3.8, 4) is 0 Å². The highest BCUT2D eigenvalue weighted by Gasteiger charge is 2.58. The maximum Gasteiger partial charge on any atom is 0.410 e. The Balaban J connectivity index is 1.77. The van der Waals surface area contributed by atoms with Gasteiger partial charge in [0.05, 0.1) is 0 Å². The maximum absolute atomic E-state index is 11.9. The lowest BCUT2D eigenvalue weighted by atomic mass is 10.2. The number of ether oxygens (including phenoxy) is 1. The Morgan fingerprint density at radius 1 is 1.30 bits per heavy atom. The van der Waals surface area contributed by atoms with Gasteiger partial charge < -0.3 is 19.9 Å². The van der Waals surface area contributed by atoms with Crippen LogP contribution in [0.15, 0.2) is 0 Å². The minimum Gasteiger partial charge on any atom is -0.444 e. The Hall–Kier alpha value is -1.46. The Kier molecular flexibility index (Phi) is 3.84. The third kappa shape index (κ3) is 3.16. The molecule has 0 aromatic carbocycles. The van der Waals surface area contributed by atoms with Gasteiger partial charge in [0.15, 0.2) is 0 Å². The van der Waals surface area contributed by atoms with Crippen molar-refractivity contribution in [2.24, 2.45) is 11.8 Å². The topological polar surface area (TPSA) is 61.9 Å². The van der Waals surface area contributed by atoms with Crippen molar-refractivity contribution in [3.63, 3.8) is 0 Å². The van der Waals surface area contributed by atoms with Gasteiger partial charge in [0.25, 0.3) is 0 Å². The fraction of sp³-hybridized carbons (Fsp3) is 0.857. The van der Waals surface area contributed by atoms with Crippen LogP contribution in [-0.4, -0.2) is 60.2 Å². The molecule has 2 fully saturated rings. The molecule has 0 aromatic heterocycles. The zero-order valence-electron chi connectivity index (χ0n) is 13.0. The number of nitrogens with one attached hydrogen (secondary N) is 1. The molecule has 3 amide bonds. The second-order valence-electron chi connectivity index (χ2n) is 6.70. The van der Waals surface area contributed by atoms with Gasteiger partial charge in [0.2, 0.25) is 0 Å². The van der Waals surface area contributed by atoms with Crippen LogP contribution in [0.25, 0.3) is 0 Å². The van der Waals surface area contributed by atoms with E-state index in [-0.39, 0.29) is 18.2 Å². The second kappa shape index (κ2) is 5.14. The summed E-state index contributed by atoms with van der Waals surface area (Å²) in [6, 6.07) is 0.186. The second-order valence-corrected chi connectivity index (χ2v) is 6.70. The molecule has 1 aliphatic carbocycles. The normalized spacial score (nSPS) is 27.9. The molecule has 1 saturated carbocycles. The molecule has 6 nitrogen and oxygen atoms in total. The number of carbonyl (C=O) groups is 2. The smallest absolute Gasteiger partial charge is 0.410 e. The van der Waals surface area contributed by atoms with Gasteiger partial charge in [-0.05, 0) is 27.7 Å². The molecule has 0 spiro atoms. The summed E-state index contributed by atoms with van der Waals surface area (Å²) in [4.78, 5) is 27.1. The van der Waals surface area contributed by atoms with E-state index in [4.69, 9.17) is 4.74 Å². The monoisotopic (exact) mass is 283 g/mol. The van der Waals surface area contributed by atoms with E-state index in [9.17, 15) is 9.59 Å². The largest absolute Gasteiger partial charge is 0.444 e. The summed E-state index contributed by atoms with van der Waals surface area (Å²) < 4.78 is 5.35. The van der Waals surface area contributed by atoms with Crippen LogP contribution in [0.2, 0.25) is 0 Å². The predicted octanol–water partition coefficient (Wildman–Crippen LogP) is 1.51. The van der Waals surface area contributed by atoms with Crippen LogP contribution < -0.4 is 5.32 Å². The molecule has 2 unspecified atom stereocenters. The first kappa shape index (κ1) is 14.9. The summed E-state index contributed by atoms with van der Waals surface area (Å²) in [6.07, 6.45) is -0.250. The number of amides is 3. The van der Waals surface area contributed by atoms with Crippen LogP contribution >= 0.6 is 0 Å².